The number of ether oxygens (including phenoxy) is 1. The first-order valence-corrected chi connectivity index (χ1v) is 14.4. The molecule has 3 N–H and O–H groups in total. The van der Waals surface area contributed by atoms with Gasteiger partial charge in [0.1, 0.15) is 11.9 Å². The fourth-order valence-corrected chi connectivity index (χ4v) is 5.42. The van der Waals surface area contributed by atoms with E-state index in [1.165, 1.54) is 69.4 Å². The van der Waals surface area contributed by atoms with Gasteiger partial charge in [-0.05, 0) is 43.3 Å². The summed E-state index contributed by atoms with van der Waals surface area (Å²) < 4.78 is 49.8. The molecule has 0 saturated heterocycles. The molecule has 1 aromatic heterocycles. The molecule has 0 saturated carbocycles. The highest BCUT2D eigenvalue weighted by Gasteiger charge is 2.35. The van der Waals surface area contributed by atoms with Gasteiger partial charge in [0.05, 0.1) is 36.8 Å². The van der Waals surface area contributed by atoms with Crippen molar-refractivity contribution >= 4 is 33.3 Å². The molecule has 12 nitrogen and oxygen atoms in total. The predicted octanol–water partition coefficient (Wildman–Crippen LogP) is 2.74. The van der Waals surface area contributed by atoms with Crippen LogP contribution in [0.5, 0.6) is 5.75 Å². The number of aryl methyl sites for hydroxylation is 1. The van der Waals surface area contributed by atoms with Crippen LogP contribution in [0, 0.1) is 11.7 Å². The fourth-order valence-electron chi connectivity index (χ4n) is 4.37. The zero-order chi connectivity index (χ0) is 29.9. The lowest BCUT2D eigenvalue weighted by Gasteiger charge is -2.38. The molecule has 1 aliphatic rings. The van der Waals surface area contributed by atoms with E-state index in [0.717, 1.165) is 0 Å². The summed E-state index contributed by atoms with van der Waals surface area (Å²) in [4.78, 5) is 33.4. The second-order valence-corrected chi connectivity index (χ2v) is 11.7. The van der Waals surface area contributed by atoms with Crippen molar-refractivity contribution in [3.8, 4) is 5.75 Å². The summed E-state index contributed by atoms with van der Waals surface area (Å²) in [5.41, 5.74) is 0.525. The Balaban J connectivity index is 1.68. The molecule has 3 atom stereocenters. The number of imidazole rings is 1. The monoisotopic (exact) mass is 588 g/mol. The number of aliphatic hydroxyl groups excluding tert-OH is 1. The third-order valence-electron chi connectivity index (χ3n) is 6.79. The lowest BCUT2D eigenvalue weighted by Crippen LogP contribution is -2.50. The van der Waals surface area contributed by atoms with E-state index in [1.54, 1.807) is 21.0 Å². The minimum absolute atomic E-state index is 0.00367. The number of nitrogens with zero attached hydrogens (tertiary/aromatic N) is 4. The van der Waals surface area contributed by atoms with Gasteiger partial charge in [-0.1, -0.05) is 13.0 Å². The Morgan fingerprint density at radius 1 is 1.27 bits per heavy atom. The molecule has 0 fully saturated rings. The Kier molecular flexibility index (Phi) is 8.83. The highest BCUT2D eigenvalue weighted by atomic mass is 32.2. The number of sulfonamides is 1. The van der Waals surface area contributed by atoms with Gasteiger partial charge >= 0.3 is 6.03 Å². The molecule has 0 bridgehead atoms. The maximum absolute atomic E-state index is 13.6. The summed E-state index contributed by atoms with van der Waals surface area (Å²) in [7, 11) is -0.937. The van der Waals surface area contributed by atoms with Crippen LogP contribution in [0.4, 0.5) is 20.6 Å². The van der Waals surface area contributed by atoms with Crippen molar-refractivity contribution in [1.29, 1.82) is 0 Å². The number of anilines is 2. The van der Waals surface area contributed by atoms with Crippen LogP contribution in [-0.4, -0.2) is 83.7 Å². The van der Waals surface area contributed by atoms with Gasteiger partial charge in [-0.15, -0.1) is 0 Å². The van der Waals surface area contributed by atoms with Crippen LogP contribution in [-0.2, 0) is 17.1 Å². The van der Waals surface area contributed by atoms with Gasteiger partial charge in [0.15, 0.2) is 10.8 Å². The number of carbonyl (C=O) groups excluding carboxylic acids is 2. The summed E-state index contributed by atoms with van der Waals surface area (Å²) in [5.74, 6) is -1.22. The predicted molar refractivity (Wildman–Crippen MR) is 150 cm³/mol. The van der Waals surface area contributed by atoms with Crippen LogP contribution >= 0.6 is 0 Å². The summed E-state index contributed by atoms with van der Waals surface area (Å²) in [5, 5.41) is 12.3. The molecular weight excluding hydrogens is 555 g/mol. The Hall–Kier alpha value is -4.17. The van der Waals surface area contributed by atoms with Crippen molar-refractivity contribution in [2.75, 3.05) is 36.8 Å². The topological polar surface area (TPSA) is 146 Å². The van der Waals surface area contributed by atoms with E-state index in [-0.39, 0.29) is 47.6 Å². The number of halogens is 1. The lowest BCUT2D eigenvalue weighted by atomic mass is 9.99. The van der Waals surface area contributed by atoms with E-state index >= 15 is 0 Å². The molecule has 4 rings (SSSR count). The average Bonchev–Trinajstić information content (AvgIpc) is 3.39. The van der Waals surface area contributed by atoms with Crippen molar-refractivity contribution in [3.05, 3.63) is 66.4 Å². The van der Waals surface area contributed by atoms with Crippen molar-refractivity contribution < 1.29 is 32.2 Å². The summed E-state index contributed by atoms with van der Waals surface area (Å²) >= 11 is 0. The first kappa shape index (κ1) is 29.8. The Morgan fingerprint density at radius 3 is 2.61 bits per heavy atom. The van der Waals surface area contributed by atoms with Crippen LogP contribution in [0.2, 0.25) is 0 Å². The van der Waals surface area contributed by atoms with Gasteiger partial charge in [0.2, 0.25) is 0 Å². The number of hydrogen-bond acceptors (Lipinski definition) is 7. The Bertz CT molecular complexity index is 1510. The molecule has 3 aromatic rings. The molecule has 220 valence electrons. The molecule has 0 unspecified atom stereocenters. The largest absolute Gasteiger partial charge is 0.485 e. The highest BCUT2D eigenvalue weighted by Crippen LogP contribution is 2.36. The number of nitrogens with one attached hydrogen (secondary N) is 2. The lowest BCUT2D eigenvalue weighted by molar-refractivity contribution is 0.0373. The van der Waals surface area contributed by atoms with Gasteiger partial charge < -0.3 is 29.5 Å². The van der Waals surface area contributed by atoms with Gasteiger partial charge in [0.25, 0.3) is 15.9 Å². The van der Waals surface area contributed by atoms with Crippen molar-refractivity contribution in [3.63, 3.8) is 0 Å². The Morgan fingerprint density at radius 2 is 1.98 bits per heavy atom. The molecule has 2 heterocycles. The number of amides is 3. The third-order valence-corrected chi connectivity index (χ3v) is 8.04. The number of aromatic nitrogens is 2. The molecule has 14 heteroatoms. The van der Waals surface area contributed by atoms with Crippen LogP contribution in [0.25, 0.3) is 0 Å². The summed E-state index contributed by atoms with van der Waals surface area (Å²) in [6.45, 7) is 3.53. The number of benzene rings is 2. The maximum Gasteiger partial charge on any atom is 0.321 e. The fraction of sp³-hybridized carbons (Fsp3) is 0.370. The normalized spacial score (nSPS) is 18.0. The summed E-state index contributed by atoms with van der Waals surface area (Å²) in [6, 6.07) is 8.84. The first-order valence-electron chi connectivity index (χ1n) is 12.9. The quantitative estimate of drug-likeness (QED) is 0.367. The minimum atomic E-state index is -4.13. The van der Waals surface area contributed by atoms with E-state index in [4.69, 9.17) is 4.74 Å². The van der Waals surface area contributed by atoms with Gasteiger partial charge in [-0.25, -0.2) is 14.2 Å². The van der Waals surface area contributed by atoms with Gasteiger partial charge in [-0.2, -0.15) is 8.42 Å². The number of carbonyl (C=O) groups is 2. The van der Waals surface area contributed by atoms with Crippen LogP contribution in [0.15, 0.2) is 60.0 Å². The van der Waals surface area contributed by atoms with E-state index in [2.05, 4.69) is 15.0 Å². The van der Waals surface area contributed by atoms with Crippen LogP contribution < -0.4 is 14.8 Å². The molecule has 41 heavy (non-hydrogen) atoms. The number of rotatable bonds is 8. The second-order valence-electron chi connectivity index (χ2n) is 10.1. The Labute approximate surface area is 237 Å². The van der Waals surface area contributed by atoms with E-state index in [1.807, 2.05) is 6.92 Å². The first-order chi connectivity index (χ1) is 19.4. The number of hydrogen-bond donors (Lipinski definition) is 3. The van der Waals surface area contributed by atoms with E-state index in [9.17, 15) is 27.5 Å². The van der Waals surface area contributed by atoms with E-state index in [0.29, 0.717) is 5.69 Å². The van der Waals surface area contributed by atoms with Crippen molar-refractivity contribution in [2.45, 2.75) is 31.0 Å². The summed E-state index contributed by atoms with van der Waals surface area (Å²) in [6.07, 6.45) is 1.99. The van der Waals surface area contributed by atoms with Gasteiger partial charge in [0, 0.05) is 38.4 Å². The van der Waals surface area contributed by atoms with E-state index < -0.39 is 39.9 Å². The average molecular weight is 589 g/mol. The van der Waals surface area contributed by atoms with Gasteiger partial charge in [-0.3, -0.25) is 9.52 Å². The number of urea groups is 1. The third kappa shape index (κ3) is 6.77. The number of para-hydroxylation sites is 1. The second kappa shape index (κ2) is 12.1. The molecule has 0 radical (unpaired) electrons. The zero-order valence-electron chi connectivity index (χ0n) is 23.1. The minimum Gasteiger partial charge on any atom is -0.485 e. The molecule has 1 aliphatic heterocycles. The zero-order valence-corrected chi connectivity index (χ0v) is 23.9. The molecule has 3 amide bonds. The number of aliphatic hydroxyl groups is 1. The van der Waals surface area contributed by atoms with Crippen LogP contribution in [0.1, 0.15) is 24.2 Å². The number of likely N-dealkylation sites (N-methyl/N-ethyl adjacent to an activating group) is 1. The maximum atomic E-state index is 13.6. The van der Waals surface area contributed by atoms with Crippen molar-refractivity contribution in [1.82, 2.24) is 19.4 Å². The van der Waals surface area contributed by atoms with Crippen LogP contribution in [0.3, 0.4) is 0 Å². The SMILES string of the molecule is C[C@H]1CN([C@@H](C)CO)C(=O)c2cccc(NS(=O)(=O)c3cn(C)cn3)c2O[C@@H]1CN(C)C(=O)Nc1ccc(F)cc1. The molecule has 2 aromatic carbocycles. The standard InChI is InChI=1S/C27H33FN6O6S/c1-17-12-34(18(2)15-35)26(36)21-6-5-7-22(31-41(38,39)24-14-32(3)16-29-24)25(21)40-23(17)13-33(4)27(37)30-20-10-8-19(28)9-11-20/h5-11,14,16-18,23,31,35H,12-13,15H2,1-4H3,(H,30,37)/t17-,18-,23+/m0/s1. The highest BCUT2D eigenvalue weighted by molar-refractivity contribution is 7.92. The number of fused-ring (bicyclic) bond motifs is 1. The molecule has 0 aliphatic carbocycles. The molecular formula is C27H33FN6O6S. The van der Waals surface area contributed by atoms with Crippen molar-refractivity contribution in [2.24, 2.45) is 13.0 Å². The molecule has 0 spiro atoms. The smallest absolute Gasteiger partial charge is 0.321 e.